The third-order valence-corrected chi connectivity index (χ3v) is 5.25. The number of aliphatic carboxylic acids is 1. The molecule has 140 valence electrons. The number of anilines is 1. The average molecular weight is 362 g/mol. The van der Waals surface area contributed by atoms with E-state index in [1.807, 2.05) is 6.92 Å². The summed E-state index contributed by atoms with van der Waals surface area (Å²) in [4.78, 5) is 39.6. The van der Waals surface area contributed by atoms with Crippen LogP contribution in [-0.2, 0) is 14.4 Å². The maximum Gasteiger partial charge on any atom is 0.308 e. The van der Waals surface area contributed by atoms with E-state index in [4.69, 9.17) is 0 Å². The van der Waals surface area contributed by atoms with E-state index < -0.39 is 17.8 Å². The number of piperidine rings is 1. The molecule has 3 rings (SSSR count). The van der Waals surface area contributed by atoms with E-state index in [0.29, 0.717) is 24.2 Å². The van der Waals surface area contributed by atoms with Crippen molar-refractivity contribution in [1.29, 1.82) is 0 Å². The first-order chi connectivity index (χ1) is 12.3. The molecule has 26 heavy (non-hydrogen) atoms. The van der Waals surface area contributed by atoms with Crippen LogP contribution in [0.4, 0.5) is 10.1 Å². The maximum atomic E-state index is 13.5. The monoisotopic (exact) mass is 362 g/mol. The Labute approximate surface area is 151 Å². The van der Waals surface area contributed by atoms with Gasteiger partial charge in [0.15, 0.2) is 0 Å². The van der Waals surface area contributed by atoms with Crippen molar-refractivity contribution >= 4 is 23.5 Å². The minimum Gasteiger partial charge on any atom is -0.481 e. The summed E-state index contributed by atoms with van der Waals surface area (Å²) < 4.78 is 13.5. The molecule has 3 atom stereocenters. The third kappa shape index (κ3) is 3.57. The number of carbonyl (C=O) groups excluding carboxylic acids is 2. The van der Waals surface area contributed by atoms with Gasteiger partial charge in [-0.05, 0) is 43.0 Å². The van der Waals surface area contributed by atoms with Gasteiger partial charge in [0.2, 0.25) is 11.8 Å². The standard InChI is InChI=1S/C19H23FN2O4/c1-11-5-14(19(25)26)9-21(8-11)18(24)13-7-17(23)22(10-13)15-3-4-16(20)12(2)6-15/h3-4,6,11,13-14H,5,7-10H2,1-2H3,(H,25,26). The fourth-order valence-electron chi connectivity index (χ4n) is 3.89. The lowest BCUT2D eigenvalue weighted by molar-refractivity contribution is -0.148. The van der Waals surface area contributed by atoms with E-state index in [9.17, 15) is 23.9 Å². The topological polar surface area (TPSA) is 77.9 Å². The molecule has 6 nitrogen and oxygen atoms in total. The fourth-order valence-corrected chi connectivity index (χ4v) is 3.89. The van der Waals surface area contributed by atoms with Crippen LogP contribution in [0.15, 0.2) is 18.2 Å². The highest BCUT2D eigenvalue weighted by molar-refractivity contribution is 6.00. The lowest BCUT2D eigenvalue weighted by Gasteiger charge is -2.36. The van der Waals surface area contributed by atoms with E-state index >= 15 is 0 Å². The number of rotatable bonds is 3. The van der Waals surface area contributed by atoms with Crippen LogP contribution in [0.2, 0.25) is 0 Å². The van der Waals surface area contributed by atoms with Crippen LogP contribution in [0.25, 0.3) is 0 Å². The van der Waals surface area contributed by atoms with Gasteiger partial charge in [-0.2, -0.15) is 0 Å². The minimum atomic E-state index is -0.889. The van der Waals surface area contributed by atoms with E-state index in [1.165, 1.54) is 17.0 Å². The number of nitrogens with zero attached hydrogens (tertiary/aromatic N) is 2. The molecule has 1 aromatic rings. The van der Waals surface area contributed by atoms with Gasteiger partial charge in [-0.1, -0.05) is 6.92 Å². The number of carboxylic acid groups (broad SMARTS) is 1. The maximum absolute atomic E-state index is 13.5. The highest BCUT2D eigenvalue weighted by Crippen LogP contribution is 2.30. The molecule has 2 heterocycles. The second kappa shape index (κ2) is 7.05. The summed E-state index contributed by atoms with van der Waals surface area (Å²) in [6.07, 6.45) is 0.654. The van der Waals surface area contributed by atoms with Crippen molar-refractivity contribution in [2.24, 2.45) is 17.8 Å². The number of likely N-dealkylation sites (tertiary alicyclic amines) is 1. The smallest absolute Gasteiger partial charge is 0.308 e. The van der Waals surface area contributed by atoms with E-state index in [1.54, 1.807) is 17.9 Å². The largest absolute Gasteiger partial charge is 0.481 e. The molecule has 1 aromatic carbocycles. The van der Waals surface area contributed by atoms with E-state index in [0.717, 1.165) is 0 Å². The van der Waals surface area contributed by atoms with Crippen LogP contribution in [0, 0.1) is 30.5 Å². The van der Waals surface area contributed by atoms with Gasteiger partial charge >= 0.3 is 5.97 Å². The molecule has 0 saturated carbocycles. The Balaban J connectivity index is 1.72. The highest BCUT2D eigenvalue weighted by atomic mass is 19.1. The van der Waals surface area contributed by atoms with Crippen molar-refractivity contribution in [1.82, 2.24) is 4.90 Å². The Morgan fingerprint density at radius 1 is 1.19 bits per heavy atom. The molecule has 2 fully saturated rings. The first-order valence-corrected chi connectivity index (χ1v) is 8.84. The van der Waals surface area contributed by atoms with Crippen LogP contribution in [-0.4, -0.2) is 47.4 Å². The second-order valence-corrected chi connectivity index (χ2v) is 7.46. The SMILES string of the molecule is Cc1cc(N2CC(C(=O)N3CC(C)CC(C(=O)O)C3)CC2=O)ccc1F. The van der Waals surface area contributed by atoms with Gasteiger partial charge in [0.25, 0.3) is 0 Å². The Morgan fingerprint density at radius 3 is 2.58 bits per heavy atom. The Kier molecular flexibility index (Phi) is 4.98. The predicted molar refractivity (Wildman–Crippen MR) is 93.1 cm³/mol. The molecule has 0 aromatic heterocycles. The molecule has 0 radical (unpaired) electrons. The summed E-state index contributed by atoms with van der Waals surface area (Å²) in [7, 11) is 0. The number of amides is 2. The number of halogens is 1. The fraction of sp³-hybridized carbons (Fsp3) is 0.526. The van der Waals surface area contributed by atoms with Crippen LogP contribution in [0.1, 0.15) is 25.3 Å². The summed E-state index contributed by atoms with van der Waals surface area (Å²) in [5, 5.41) is 9.27. The molecule has 3 unspecified atom stereocenters. The first kappa shape index (κ1) is 18.4. The molecular formula is C19H23FN2O4. The summed E-state index contributed by atoms with van der Waals surface area (Å²) in [6, 6.07) is 4.46. The molecule has 2 aliphatic heterocycles. The van der Waals surface area contributed by atoms with Crippen LogP contribution in [0.5, 0.6) is 0 Å². The molecule has 2 amide bonds. The zero-order valence-corrected chi connectivity index (χ0v) is 14.9. The van der Waals surface area contributed by atoms with Crippen molar-refractivity contribution in [3.63, 3.8) is 0 Å². The van der Waals surface area contributed by atoms with Crippen molar-refractivity contribution in [2.75, 3.05) is 24.5 Å². The number of benzene rings is 1. The summed E-state index contributed by atoms with van der Waals surface area (Å²) in [6.45, 7) is 4.51. The van der Waals surface area contributed by atoms with Crippen LogP contribution >= 0.6 is 0 Å². The minimum absolute atomic E-state index is 0.0951. The third-order valence-electron chi connectivity index (χ3n) is 5.25. The van der Waals surface area contributed by atoms with Crippen molar-refractivity contribution in [3.8, 4) is 0 Å². The van der Waals surface area contributed by atoms with Gasteiger partial charge < -0.3 is 14.9 Å². The van der Waals surface area contributed by atoms with E-state index in [2.05, 4.69) is 0 Å². The normalized spacial score (nSPS) is 26.3. The number of hydrogen-bond donors (Lipinski definition) is 1. The van der Waals surface area contributed by atoms with Crippen molar-refractivity contribution in [2.45, 2.75) is 26.7 Å². The first-order valence-electron chi connectivity index (χ1n) is 8.84. The molecule has 2 saturated heterocycles. The van der Waals surface area contributed by atoms with Gasteiger partial charge in [0, 0.05) is 31.7 Å². The van der Waals surface area contributed by atoms with Crippen LogP contribution < -0.4 is 4.90 Å². The van der Waals surface area contributed by atoms with Crippen molar-refractivity contribution in [3.05, 3.63) is 29.6 Å². The molecule has 0 spiro atoms. The summed E-state index contributed by atoms with van der Waals surface area (Å²) >= 11 is 0. The molecule has 7 heteroatoms. The molecule has 0 aliphatic carbocycles. The quantitative estimate of drug-likeness (QED) is 0.893. The molecule has 1 N–H and O–H groups in total. The van der Waals surface area contributed by atoms with Crippen LogP contribution in [0.3, 0.4) is 0 Å². The highest BCUT2D eigenvalue weighted by Gasteiger charge is 2.40. The van der Waals surface area contributed by atoms with Gasteiger partial charge in [-0.15, -0.1) is 0 Å². The van der Waals surface area contributed by atoms with Gasteiger partial charge in [0.05, 0.1) is 11.8 Å². The number of carbonyl (C=O) groups is 3. The molecule has 2 aliphatic rings. The van der Waals surface area contributed by atoms with E-state index in [-0.39, 0.29) is 43.1 Å². The average Bonchev–Trinajstić information content (AvgIpc) is 2.98. The number of aryl methyl sites for hydroxylation is 1. The molecule has 0 bridgehead atoms. The van der Waals surface area contributed by atoms with Gasteiger partial charge in [0.1, 0.15) is 5.82 Å². The Bertz CT molecular complexity index is 751. The summed E-state index contributed by atoms with van der Waals surface area (Å²) in [5.74, 6) is -2.51. The summed E-state index contributed by atoms with van der Waals surface area (Å²) in [5.41, 5.74) is 1.03. The Hall–Kier alpha value is -2.44. The zero-order valence-electron chi connectivity index (χ0n) is 14.9. The molecular weight excluding hydrogens is 339 g/mol. The lowest BCUT2D eigenvalue weighted by Crippen LogP contribution is -2.48. The van der Waals surface area contributed by atoms with Gasteiger partial charge in [-0.3, -0.25) is 14.4 Å². The van der Waals surface area contributed by atoms with Crippen molar-refractivity contribution < 1.29 is 23.9 Å². The second-order valence-electron chi connectivity index (χ2n) is 7.46. The number of hydrogen-bond acceptors (Lipinski definition) is 3. The van der Waals surface area contributed by atoms with Gasteiger partial charge in [-0.25, -0.2) is 4.39 Å². The lowest BCUT2D eigenvalue weighted by atomic mass is 9.89. The zero-order chi connectivity index (χ0) is 19.0. The predicted octanol–water partition coefficient (Wildman–Crippen LogP) is 2.06. The number of carboxylic acids is 1. The Morgan fingerprint density at radius 2 is 1.92 bits per heavy atom.